The number of ether oxygens (including phenoxy) is 1. The van der Waals surface area contributed by atoms with Crippen molar-refractivity contribution in [3.8, 4) is 5.75 Å². The maximum absolute atomic E-state index is 12.3. The van der Waals surface area contributed by atoms with Gasteiger partial charge in [-0.05, 0) is 42.0 Å². The van der Waals surface area contributed by atoms with Crippen molar-refractivity contribution in [3.05, 3.63) is 64.9 Å². The zero-order valence-electron chi connectivity index (χ0n) is 12.7. The Kier molecular flexibility index (Phi) is 3.87. The molecule has 120 valence electrons. The van der Waals surface area contributed by atoms with Crippen LogP contribution in [0.4, 0.5) is 5.69 Å². The Bertz CT molecular complexity index is 881. The van der Waals surface area contributed by atoms with Crippen molar-refractivity contribution >= 4 is 29.4 Å². The van der Waals surface area contributed by atoms with Crippen molar-refractivity contribution in [2.24, 2.45) is 0 Å². The lowest BCUT2D eigenvalue weighted by molar-refractivity contribution is -0.114. The molecule has 0 radical (unpaired) electrons. The van der Waals surface area contributed by atoms with Gasteiger partial charge in [0.2, 0.25) is 11.7 Å². The minimum Gasteiger partial charge on any atom is -0.478 e. The van der Waals surface area contributed by atoms with Crippen LogP contribution in [0, 0.1) is 0 Å². The van der Waals surface area contributed by atoms with E-state index in [0.29, 0.717) is 11.4 Å². The van der Waals surface area contributed by atoms with E-state index in [4.69, 9.17) is 9.84 Å². The fourth-order valence-electron chi connectivity index (χ4n) is 2.34. The third-order valence-corrected chi connectivity index (χ3v) is 3.44. The third kappa shape index (κ3) is 3.03. The van der Waals surface area contributed by atoms with Crippen molar-refractivity contribution in [2.45, 2.75) is 6.92 Å². The predicted octanol–water partition coefficient (Wildman–Crippen LogP) is 2.96. The molecule has 1 aliphatic rings. The molecule has 3 rings (SSSR count). The first-order valence-corrected chi connectivity index (χ1v) is 7.13. The molecule has 6 nitrogen and oxygen atoms in total. The minimum atomic E-state index is -1.10. The van der Waals surface area contributed by atoms with Gasteiger partial charge < -0.3 is 15.2 Å². The van der Waals surface area contributed by atoms with E-state index < -0.39 is 5.97 Å². The molecule has 2 aromatic carbocycles. The molecule has 1 heterocycles. The van der Waals surface area contributed by atoms with Crippen LogP contribution in [0.15, 0.2) is 48.2 Å². The van der Waals surface area contributed by atoms with Gasteiger partial charge in [0.05, 0.1) is 11.1 Å². The van der Waals surface area contributed by atoms with E-state index in [0.717, 1.165) is 5.56 Å². The second-order valence-corrected chi connectivity index (χ2v) is 5.26. The summed E-state index contributed by atoms with van der Waals surface area (Å²) in [6.07, 6.45) is 1.57. The number of fused-ring (bicyclic) bond motifs is 1. The standard InChI is InChI=1S/C18H13NO5/c1-10(20)19-13-5-2-11(3-6-13)8-16-17(21)14-9-12(18(22)23)4-7-15(14)24-16/h2-9H,1H3,(H,19,20)(H,22,23)/b16-8-. The molecule has 0 spiro atoms. The molecule has 1 aliphatic heterocycles. The average Bonchev–Trinajstić information content (AvgIpc) is 2.84. The number of aromatic carboxylic acids is 1. The van der Waals surface area contributed by atoms with Gasteiger partial charge in [0, 0.05) is 12.6 Å². The number of ketones is 1. The van der Waals surface area contributed by atoms with Gasteiger partial charge in [0.25, 0.3) is 0 Å². The van der Waals surface area contributed by atoms with Crippen LogP contribution in [0.25, 0.3) is 6.08 Å². The fraction of sp³-hybridized carbons (Fsp3) is 0.0556. The second-order valence-electron chi connectivity index (χ2n) is 5.26. The quantitative estimate of drug-likeness (QED) is 0.847. The second kappa shape index (κ2) is 6.00. The molecule has 0 saturated heterocycles. The molecule has 0 unspecified atom stereocenters. The number of carboxylic acids is 1. The molecule has 24 heavy (non-hydrogen) atoms. The molecular weight excluding hydrogens is 310 g/mol. The number of carbonyl (C=O) groups excluding carboxylic acids is 2. The largest absolute Gasteiger partial charge is 0.478 e. The van der Waals surface area contributed by atoms with Gasteiger partial charge in [0.1, 0.15) is 5.75 Å². The minimum absolute atomic E-state index is 0.0339. The van der Waals surface area contributed by atoms with Gasteiger partial charge in [0.15, 0.2) is 5.76 Å². The third-order valence-electron chi connectivity index (χ3n) is 3.44. The number of benzene rings is 2. The summed E-state index contributed by atoms with van der Waals surface area (Å²) in [6.45, 7) is 1.42. The highest BCUT2D eigenvalue weighted by Gasteiger charge is 2.28. The number of carbonyl (C=O) groups is 3. The SMILES string of the molecule is CC(=O)Nc1ccc(/C=C2\Oc3ccc(C(=O)O)cc3C2=O)cc1. The highest BCUT2D eigenvalue weighted by molar-refractivity contribution is 6.15. The summed E-state index contributed by atoms with van der Waals surface area (Å²) >= 11 is 0. The lowest BCUT2D eigenvalue weighted by Gasteiger charge is -2.02. The van der Waals surface area contributed by atoms with E-state index in [1.165, 1.54) is 25.1 Å². The predicted molar refractivity (Wildman–Crippen MR) is 87.1 cm³/mol. The molecule has 0 bridgehead atoms. The van der Waals surface area contributed by atoms with Gasteiger partial charge in [-0.25, -0.2) is 4.79 Å². The zero-order valence-corrected chi connectivity index (χ0v) is 12.7. The average molecular weight is 323 g/mol. The summed E-state index contributed by atoms with van der Waals surface area (Å²) < 4.78 is 5.50. The van der Waals surface area contributed by atoms with Crippen LogP contribution in [0.1, 0.15) is 33.2 Å². The Labute approximate surface area is 137 Å². The molecule has 6 heteroatoms. The smallest absolute Gasteiger partial charge is 0.335 e. The van der Waals surface area contributed by atoms with E-state index in [-0.39, 0.29) is 28.6 Å². The summed E-state index contributed by atoms with van der Waals surface area (Å²) in [7, 11) is 0. The number of hydrogen-bond acceptors (Lipinski definition) is 4. The number of Topliss-reactive ketones (excluding diaryl/α,β-unsaturated/α-hetero) is 1. The summed E-state index contributed by atoms with van der Waals surface area (Å²) in [6, 6.07) is 11.1. The van der Waals surface area contributed by atoms with E-state index in [9.17, 15) is 14.4 Å². The van der Waals surface area contributed by atoms with Gasteiger partial charge >= 0.3 is 5.97 Å². The van der Waals surface area contributed by atoms with Crippen molar-refractivity contribution in [3.63, 3.8) is 0 Å². The maximum Gasteiger partial charge on any atom is 0.335 e. The zero-order chi connectivity index (χ0) is 17.3. The molecule has 0 saturated carbocycles. The Balaban J connectivity index is 1.86. The Morgan fingerprint density at radius 2 is 1.83 bits per heavy atom. The topological polar surface area (TPSA) is 92.7 Å². The fourth-order valence-corrected chi connectivity index (χ4v) is 2.34. The summed E-state index contributed by atoms with van der Waals surface area (Å²) in [5, 5.41) is 11.6. The van der Waals surface area contributed by atoms with E-state index in [1.807, 2.05) is 0 Å². The van der Waals surface area contributed by atoms with Gasteiger partial charge in [-0.3, -0.25) is 9.59 Å². The summed E-state index contributed by atoms with van der Waals surface area (Å²) in [5.41, 5.74) is 1.64. The number of amides is 1. The van der Waals surface area contributed by atoms with Crippen LogP contribution >= 0.6 is 0 Å². The molecule has 0 aliphatic carbocycles. The summed E-state index contributed by atoms with van der Waals surface area (Å²) in [5.74, 6) is -1.17. The van der Waals surface area contributed by atoms with Crippen molar-refractivity contribution < 1.29 is 24.2 Å². The molecule has 0 aromatic heterocycles. The first-order valence-electron chi connectivity index (χ1n) is 7.13. The van der Waals surface area contributed by atoms with E-state index >= 15 is 0 Å². The van der Waals surface area contributed by atoms with Crippen molar-refractivity contribution in [1.29, 1.82) is 0 Å². The van der Waals surface area contributed by atoms with E-state index in [1.54, 1.807) is 30.3 Å². The lowest BCUT2D eigenvalue weighted by atomic mass is 10.1. The lowest BCUT2D eigenvalue weighted by Crippen LogP contribution is -2.05. The van der Waals surface area contributed by atoms with Crippen LogP contribution < -0.4 is 10.1 Å². The van der Waals surface area contributed by atoms with Gasteiger partial charge in [-0.2, -0.15) is 0 Å². The number of anilines is 1. The Morgan fingerprint density at radius 1 is 1.12 bits per heavy atom. The molecular formula is C18H13NO5. The molecule has 2 aromatic rings. The van der Waals surface area contributed by atoms with Gasteiger partial charge in [-0.15, -0.1) is 0 Å². The van der Waals surface area contributed by atoms with Crippen molar-refractivity contribution in [1.82, 2.24) is 0 Å². The molecule has 1 amide bonds. The first-order chi connectivity index (χ1) is 11.4. The molecule has 0 atom stereocenters. The monoisotopic (exact) mass is 323 g/mol. The Morgan fingerprint density at radius 3 is 2.46 bits per heavy atom. The Hall–Kier alpha value is -3.41. The number of allylic oxidation sites excluding steroid dienone is 1. The van der Waals surface area contributed by atoms with Crippen LogP contribution in [0.5, 0.6) is 5.75 Å². The van der Waals surface area contributed by atoms with E-state index in [2.05, 4.69) is 5.32 Å². The summed E-state index contributed by atoms with van der Waals surface area (Å²) in [4.78, 5) is 34.3. The number of rotatable bonds is 3. The molecule has 2 N–H and O–H groups in total. The van der Waals surface area contributed by atoms with Crippen LogP contribution in [0.3, 0.4) is 0 Å². The highest BCUT2D eigenvalue weighted by atomic mass is 16.5. The number of hydrogen-bond donors (Lipinski definition) is 2. The normalized spacial score (nSPS) is 14.2. The first kappa shape index (κ1) is 15.5. The van der Waals surface area contributed by atoms with Gasteiger partial charge in [-0.1, -0.05) is 12.1 Å². The number of carboxylic acid groups (broad SMARTS) is 1. The van der Waals surface area contributed by atoms with Crippen LogP contribution in [-0.2, 0) is 4.79 Å². The van der Waals surface area contributed by atoms with Crippen LogP contribution in [0.2, 0.25) is 0 Å². The highest BCUT2D eigenvalue weighted by Crippen LogP contribution is 2.32. The molecule has 0 fully saturated rings. The van der Waals surface area contributed by atoms with Crippen molar-refractivity contribution in [2.75, 3.05) is 5.32 Å². The van der Waals surface area contributed by atoms with Crippen LogP contribution in [-0.4, -0.2) is 22.8 Å². The maximum atomic E-state index is 12.3. The number of nitrogens with one attached hydrogen (secondary N) is 1.